The second kappa shape index (κ2) is 8.74. The molecule has 0 spiro atoms. The van der Waals surface area contributed by atoms with Gasteiger partial charge in [0.15, 0.2) is 0 Å². The highest BCUT2D eigenvalue weighted by molar-refractivity contribution is 4.91. The maximum Gasteiger partial charge on any atom is 0.122 e. The summed E-state index contributed by atoms with van der Waals surface area (Å²) < 4.78 is 7.10. The van der Waals surface area contributed by atoms with Gasteiger partial charge in [-0.05, 0) is 12.8 Å². The molecule has 1 aromatic rings. The number of aryl methyl sites for hydroxylation is 1. The molecule has 94 valence electrons. The molecule has 0 aromatic carbocycles. The van der Waals surface area contributed by atoms with Crippen LogP contribution in [0.4, 0.5) is 0 Å². The first-order chi connectivity index (χ1) is 8.38. The Bertz CT molecular complexity index is 343. The molecule has 0 aliphatic rings. The maximum atomic E-state index is 8.45. The molecule has 0 aliphatic carbocycles. The molecule has 0 aliphatic heterocycles. The minimum Gasteiger partial charge on any atom is -0.383 e. The van der Waals surface area contributed by atoms with Gasteiger partial charge in [0.05, 0.1) is 19.2 Å². The number of hydrogen-bond donors (Lipinski definition) is 1. The lowest BCUT2D eigenvalue weighted by Crippen LogP contribution is -2.21. The van der Waals surface area contributed by atoms with E-state index < -0.39 is 0 Å². The molecule has 0 amide bonds. The summed E-state index contributed by atoms with van der Waals surface area (Å²) in [5.41, 5.74) is 0. The van der Waals surface area contributed by atoms with Crippen molar-refractivity contribution in [3.63, 3.8) is 0 Å². The summed E-state index contributed by atoms with van der Waals surface area (Å²) in [6.45, 7) is 3.23. The topological polar surface area (TPSA) is 62.9 Å². The molecule has 17 heavy (non-hydrogen) atoms. The Morgan fingerprint density at radius 1 is 1.53 bits per heavy atom. The molecule has 1 heterocycles. The van der Waals surface area contributed by atoms with Gasteiger partial charge in [-0.1, -0.05) is 0 Å². The van der Waals surface area contributed by atoms with Crippen molar-refractivity contribution >= 4 is 0 Å². The van der Waals surface area contributed by atoms with Gasteiger partial charge < -0.3 is 14.6 Å². The van der Waals surface area contributed by atoms with Crippen molar-refractivity contribution in [2.75, 3.05) is 20.3 Å². The van der Waals surface area contributed by atoms with Crippen LogP contribution in [0.25, 0.3) is 0 Å². The van der Waals surface area contributed by atoms with Crippen LogP contribution in [0.3, 0.4) is 0 Å². The van der Waals surface area contributed by atoms with E-state index in [9.17, 15) is 0 Å². The van der Waals surface area contributed by atoms with E-state index in [2.05, 4.69) is 20.9 Å². The summed E-state index contributed by atoms with van der Waals surface area (Å²) in [4.78, 5) is 4.31. The summed E-state index contributed by atoms with van der Waals surface area (Å²) in [5.74, 6) is 1.04. The minimum absolute atomic E-state index is 0.635. The summed E-state index contributed by atoms with van der Waals surface area (Å²) in [5, 5.41) is 11.7. The fourth-order valence-electron chi connectivity index (χ4n) is 1.57. The van der Waals surface area contributed by atoms with Gasteiger partial charge in [0.2, 0.25) is 0 Å². The van der Waals surface area contributed by atoms with E-state index in [0.29, 0.717) is 13.0 Å². The Morgan fingerprint density at radius 3 is 3.18 bits per heavy atom. The molecule has 0 fully saturated rings. The van der Waals surface area contributed by atoms with Crippen LogP contribution in [0.2, 0.25) is 0 Å². The molecule has 1 aromatic heterocycles. The number of nitriles is 1. The number of imidazole rings is 1. The van der Waals surface area contributed by atoms with Gasteiger partial charge in [-0.25, -0.2) is 4.98 Å². The number of methoxy groups -OCH3 is 1. The Hall–Kier alpha value is -1.38. The van der Waals surface area contributed by atoms with E-state index in [1.807, 2.05) is 12.4 Å². The molecule has 0 saturated carbocycles. The van der Waals surface area contributed by atoms with Crippen LogP contribution < -0.4 is 5.32 Å². The highest BCUT2D eigenvalue weighted by Gasteiger charge is 2.01. The zero-order chi connectivity index (χ0) is 12.3. The Labute approximate surface area is 102 Å². The summed E-state index contributed by atoms with van der Waals surface area (Å²) in [7, 11) is 1.69. The van der Waals surface area contributed by atoms with Crippen molar-refractivity contribution in [3.05, 3.63) is 18.2 Å². The van der Waals surface area contributed by atoms with Crippen molar-refractivity contribution in [1.82, 2.24) is 14.9 Å². The Morgan fingerprint density at radius 2 is 2.41 bits per heavy atom. The monoisotopic (exact) mass is 236 g/mol. The highest BCUT2D eigenvalue weighted by Crippen LogP contribution is 2.02. The number of nitrogens with zero attached hydrogens (tertiary/aromatic N) is 3. The van der Waals surface area contributed by atoms with E-state index in [1.54, 1.807) is 7.11 Å². The largest absolute Gasteiger partial charge is 0.383 e. The maximum absolute atomic E-state index is 8.45. The molecule has 0 atom stereocenters. The van der Waals surface area contributed by atoms with E-state index in [-0.39, 0.29) is 0 Å². The van der Waals surface area contributed by atoms with Gasteiger partial charge in [0.1, 0.15) is 5.82 Å². The zero-order valence-corrected chi connectivity index (χ0v) is 10.4. The lowest BCUT2D eigenvalue weighted by atomic mass is 10.2. The average Bonchev–Trinajstić information content (AvgIpc) is 2.78. The molecular weight excluding hydrogens is 216 g/mol. The fourth-order valence-corrected chi connectivity index (χ4v) is 1.57. The number of hydrogen-bond acceptors (Lipinski definition) is 4. The Balaban J connectivity index is 2.25. The van der Waals surface area contributed by atoms with Crippen molar-refractivity contribution in [1.29, 1.82) is 5.26 Å². The fraction of sp³-hybridized carbons (Fsp3) is 0.667. The van der Waals surface area contributed by atoms with Crippen molar-refractivity contribution < 1.29 is 4.74 Å². The normalized spacial score (nSPS) is 10.4. The second-order valence-corrected chi connectivity index (χ2v) is 3.82. The number of aromatic nitrogens is 2. The molecule has 0 bridgehead atoms. The van der Waals surface area contributed by atoms with Crippen molar-refractivity contribution in [3.8, 4) is 6.07 Å². The lowest BCUT2D eigenvalue weighted by molar-refractivity contribution is 0.199. The third-order valence-electron chi connectivity index (χ3n) is 2.51. The predicted molar refractivity (Wildman–Crippen MR) is 65.3 cm³/mol. The molecule has 5 heteroatoms. The van der Waals surface area contributed by atoms with Gasteiger partial charge in [0.25, 0.3) is 0 Å². The molecule has 5 nitrogen and oxygen atoms in total. The molecular formula is C12H20N4O. The molecule has 0 saturated heterocycles. The summed E-state index contributed by atoms with van der Waals surface area (Å²) in [6, 6.07) is 2.16. The second-order valence-electron chi connectivity index (χ2n) is 3.82. The van der Waals surface area contributed by atoms with Crippen molar-refractivity contribution in [2.24, 2.45) is 0 Å². The van der Waals surface area contributed by atoms with Gasteiger partial charge in [-0.3, -0.25) is 0 Å². The van der Waals surface area contributed by atoms with Crippen molar-refractivity contribution in [2.45, 2.75) is 32.4 Å². The number of rotatable bonds is 9. The zero-order valence-electron chi connectivity index (χ0n) is 10.4. The van der Waals surface area contributed by atoms with Crippen LogP contribution in [0, 0.1) is 11.3 Å². The van der Waals surface area contributed by atoms with Gasteiger partial charge >= 0.3 is 0 Å². The standard InChI is InChI=1S/C12H20N4O/c1-17-10-7-14-11-12-15-6-9-16(12)8-4-2-3-5-13/h6,9,14H,2-4,7-8,10-11H2,1H3. The summed E-state index contributed by atoms with van der Waals surface area (Å²) in [6.07, 6.45) is 6.41. The van der Waals surface area contributed by atoms with Crippen LogP contribution >= 0.6 is 0 Å². The van der Waals surface area contributed by atoms with Crippen LogP contribution in [-0.2, 0) is 17.8 Å². The van der Waals surface area contributed by atoms with E-state index in [4.69, 9.17) is 10.00 Å². The minimum atomic E-state index is 0.635. The van der Waals surface area contributed by atoms with Gasteiger partial charge in [0, 0.05) is 39.0 Å². The molecule has 1 N–H and O–H groups in total. The quantitative estimate of drug-likeness (QED) is 0.657. The Kier molecular flexibility index (Phi) is 7.03. The number of nitrogens with one attached hydrogen (secondary N) is 1. The number of ether oxygens (including phenoxy) is 1. The number of unbranched alkanes of at least 4 members (excludes halogenated alkanes) is 2. The van der Waals surface area contributed by atoms with Crippen LogP contribution in [0.5, 0.6) is 0 Å². The van der Waals surface area contributed by atoms with E-state index in [0.717, 1.165) is 38.3 Å². The smallest absolute Gasteiger partial charge is 0.122 e. The van der Waals surface area contributed by atoms with Crippen LogP contribution in [0.15, 0.2) is 12.4 Å². The third kappa shape index (κ3) is 5.48. The summed E-state index contributed by atoms with van der Waals surface area (Å²) >= 11 is 0. The third-order valence-corrected chi connectivity index (χ3v) is 2.51. The lowest BCUT2D eigenvalue weighted by Gasteiger charge is -2.08. The molecule has 0 radical (unpaired) electrons. The molecule has 0 unspecified atom stereocenters. The predicted octanol–water partition coefficient (Wildman–Crippen LogP) is 1.31. The first kappa shape index (κ1) is 13.7. The highest BCUT2D eigenvalue weighted by atomic mass is 16.5. The van der Waals surface area contributed by atoms with E-state index in [1.165, 1.54) is 0 Å². The molecule has 1 rings (SSSR count). The van der Waals surface area contributed by atoms with Gasteiger partial charge in [-0.15, -0.1) is 0 Å². The van der Waals surface area contributed by atoms with E-state index >= 15 is 0 Å². The SMILES string of the molecule is COCCNCc1nccn1CCCCC#N. The average molecular weight is 236 g/mol. The first-order valence-corrected chi connectivity index (χ1v) is 5.95. The van der Waals surface area contributed by atoms with Crippen LogP contribution in [0.1, 0.15) is 25.1 Å². The van der Waals surface area contributed by atoms with Crippen LogP contribution in [-0.4, -0.2) is 29.8 Å². The van der Waals surface area contributed by atoms with Gasteiger partial charge in [-0.2, -0.15) is 5.26 Å². The first-order valence-electron chi connectivity index (χ1n) is 5.95.